The van der Waals surface area contributed by atoms with Crippen LogP contribution in [0.25, 0.3) is 0 Å². The molecule has 2 N–H and O–H groups in total. The second kappa shape index (κ2) is 8.73. The van der Waals surface area contributed by atoms with Crippen LogP contribution in [0.1, 0.15) is 86.0 Å². The molecule has 4 aliphatic carbocycles. The lowest BCUT2D eigenvalue weighted by Gasteiger charge is -2.63. The molecule has 4 aliphatic rings. The molecule has 182 valence electrons. The molecule has 0 radical (unpaired) electrons. The molecule has 0 bridgehead atoms. The van der Waals surface area contributed by atoms with E-state index >= 15 is 0 Å². The largest absolute Gasteiger partial charge is 0.393 e. The second-order valence-corrected chi connectivity index (χ2v) is 12.7. The molecule has 0 aromatic carbocycles. The van der Waals surface area contributed by atoms with E-state index in [4.69, 9.17) is 0 Å². The van der Waals surface area contributed by atoms with Crippen molar-refractivity contribution in [3.63, 3.8) is 0 Å². The van der Waals surface area contributed by atoms with Crippen molar-refractivity contribution < 1.29 is 9.90 Å². The first-order valence-corrected chi connectivity index (χ1v) is 13.3. The lowest BCUT2D eigenvalue weighted by Crippen LogP contribution is -2.60. The van der Waals surface area contributed by atoms with Crippen molar-refractivity contribution in [1.29, 1.82) is 0 Å². The number of carbonyl (C=O) groups is 1. The number of fused-ring (bicyclic) bond motifs is 5. The Labute approximate surface area is 196 Å². The van der Waals surface area contributed by atoms with Crippen LogP contribution in [0.5, 0.6) is 0 Å². The van der Waals surface area contributed by atoms with Gasteiger partial charge in [0.05, 0.1) is 6.10 Å². The molecule has 4 saturated carbocycles. The summed E-state index contributed by atoms with van der Waals surface area (Å²) in [6.07, 6.45) is 11.1. The first-order chi connectivity index (χ1) is 15.0. The third-order valence-electron chi connectivity index (χ3n) is 11.2. The third kappa shape index (κ3) is 3.78. The van der Waals surface area contributed by atoms with Gasteiger partial charge in [0.15, 0.2) is 0 Å². The van der Waals surface area contributed by atoms with Crippen LogP contribution in [0.2, 0.25) is 0 Å². The fourth-order valence-corrected chi connectivity index (χ4v) is 9.14. The van der Waals surface area contributed by atoms with Crippen molar-refractivity contribution in [3.8, 4) is 0 Å². The minimum Gasteiger partial charge on any atom is -0.393 e. The predicted octanol–water partition coefficient (Wildman–Crippen LogP) is 5.02. The van der Waals surface area contributed by atoms with Crippen molar-refractivity contribution in [2.45, 2.75) is 104 Å². The Morgan fingerprint density at radius 3 is 2.50 bits per heavy atom. The highest BCUT2D eigenvalue weighted by molar-refractivity contribution is 5.92. The molecule has 32 heavy (non-hydrogen) atoms. The van der Waals surface area contributed by atoms with Gasteiger partial charge in [-0.3, -0.25) is 4.79 Å². The zero-order valence-corrected chi connectivity index (χ0v) is 21.7. The van der Waals surface area contributed by atoms with E-state index < -0.39 is 0 Å². The number of aliphatic hydroxyl groups is 1. The van der Waals surface area contributed by atoms with Gasteiger partial charge >= 0.3 is 0 Å². The van der Waals surface area contributed by atoms with E-state index in [1.807, 2.05) is 19.9 Å². The van der Waals surface area contributed by atoms with Crippen LogP contribution in [0.4, 0.5) is 0 Å². The Morgan fingerprint density at radius 1 is 1.12 bits per heavy atom. The highest BCUT2D eigenvalue weighted by atomic mass is 16.3. The molecule has 4 nitrogen and oxygen atoms in total. The molecule has 0 spiro atoms. The fourth-order valence-electron chi connectivity index (χ4n) is 9.14. The molecule has 0 aliphatic heterocycles. The fraction of sp³-hybridized carbons (Fsp3) is 0.893. The summed E-state index contributed by atoms with van der Waals surface area (Å²) in [7, 11) is 4.43. The summed E-state index contributed by atoms with van der Waals surface area (Å²) in [5, 5.41) is 15.0. The summed E-state index contributed by atoms with van der Waals surface area (Å²) < 4.78 is 0. The maximum absolute atomic E-state index is 12.4. The van der Waals surface area contributed by atoms with Crippen molar-refractivity contribution in [1.82, 2.24) is 10.2 Å². The van der Waals surface area contributed by atoms with E-state index in [1.54, 1.807) is 0 Å². The van der Waals surface area contributed by atoms with Gasteiger partial charge in [-0.1, -0.05) is 19.9 Å². The van der Waals surface area contributed by atoms with Crippen molar-refractivity contribution in [2.24, 2.45) is 40.4 Å². The Kier molecular flexibility index (Phi) is 6.62. The van der Waals surface area contributed by atoms with Gasteiger partial charge in [0, 0.05) is 17.7 Å². The molecule has 1 amide bonds. The summed E-state index contributed by atoms with van der Waals surface area (Å²) in [5.74, 6) is 3.25. The van der Waals surface area contributed by atoms with E-state index in [0.717, 1.165) is 37.2 Å². The smallest absolute Gasteiger partial charge is 0.246 e. The molecular formula is C28H48N2O2. The lowest BCUT2D eigenvalue weighted by molar-refractivity contribution is -0.174. The molecular weight excluding hydrogens is 396 g/mol. The van der Waals surface area contributed by atoms with Crippen molar-refractivity contribution >= 4 is 5.91 Å². The Hall–Kier alpha value is -0.870. The Bertz CT molecular complexity index is 748. The minimum absolute atomic E-state index is 0.0928. The lowest BCUT2D eigenvalue weighted by atomic mass is 9.43. The average Bonchev–Trinajstić information content (AvgIpc) is 3.08. The number of hydrogen-bond acceptors (Lipinski definition) is 3. The monoisotopic (exact) mass is 444 g/mol. The van der Waals surface area contributed by atoms with Gasteiger partial charge in [-0.05, 0) is 127 Å². The molecule has 0 aromatic rings. The SMILES string of the molecule is CC=C(C)C(=O)NC1CCC2(C)C(CCC3C4CCC(C(C)N(C)C)C4(C)CC(O)C32)C1. The molecule has 4 heteroatoms. The van der Waals surface area contributed by atoms with Gasteiger partial charge in [0.2, 0.25) is 5.91 Å². The van der Waals surface area contributed by atoms with Gasteiger partial charge in [-0.2, -0.15) is 0 Å². The number of hydrogen-bond donors (Lipinski definition) is 2. The van der Waals surface area contributed by atoms with E-state index in [9.17, 15) is 9.90 Å². The van der Waals surface area contributed by atoms with E-state index in [2.05, 4.69) is 45.1 Å². The summed E-state index contributed by atoms with van der Waals surface area (Å²) in [6, 6.07) is 0.857. The maximum atomic E-state index is 12.4. The number of allylic oxidation sites excluding steroid dienone is 1. The van der Waals surface area contributed by atoms with E-state index in [-0.39, 0.29) is 28.9 Å². The topological polar surface area (TPSA) is 52.6 Å². The first-order valence-electron chi connectivity index (χ1n) is 13.3. The van der Waals surface area contributed by atoms with Crippen LogP contribution in [0.3, 0.4) is 0 Å². The number of rotatable bonds is 4. The number of nitrogens with one attached hydrogen (secondary N) is 1. The Balaban J connectivity index is 1.52. The van der Waals surface area contributed by atoms with Gasteiger partial charge in [-0.15, -0.1) is 0 Å². The van der Waals surface area contributed by atoms with Crippen LogP contribution in [-0.4, -0.2) is 48.2 Å². The number of aliphatic hydroxyl groups excluding tert-OH is 1. The van der Waals surface area contributed by atoms with Crippen molar-refractivity contribution in [2.75, 3.05) is 14.1 Å². The molecule has 10 atom stereocenters. The summed E-state index contributed by atoms with van der Waals surface area (Å²) >= 11 is 0. The quantitative estimate of drug-likeness (QED) is 0.599. The molecule has 0 heterocycles. The van der Waals surface area contributed by atoms with Crippen LogP contribution in [0.15, 0.2) is 11.6 Å². The predicted molar refractivity (Wildman–Crippen MR) is 131 cm³/mol. The Morgan fingerprint density at radius 2 is 1.84 bits per heavy atom. The number of carbonyl (C=O) groups excluding carboxylic acids is 1. The standard InChI is InChI=1S/C28H48N2O2/c1-8-17(2)26(32)29-20-13-14-27(4)19(15-20)9-10-21-23-12-11-22(18(3)30(6)7)28(23,5)16-24(31)25(21)27/h8,18-25,31H,9-16H2,1-7H3,(H,29,32). The van der Waals surface area contributed by atoms with Gasteiger partial charge < -0.3 is 15.3 Å². The summed E-state index contributed by atoms with van der Waals surface area (Å²) in [6.45, 7) is 11.2. The summed E-state index contributed by atoms with van der Waals surface area (Å²) in [5.41, 5.74) is 1.29. The minimum atomic E-state index is -0.180. The van der Waals surface area contributed by atoms with Gasteiger partial charge in [0.25, 0.3) is 0 Å². The maximum Gasteiger partial charge on any atom is 0.246 e. The molecule has 0 aromatic heterocycles. The van der Waals surface area contributed by atoms with Crippen LogP contribution >= 0.6 is 0 Å². The molecule has 4 fully saturated rings. The second-order valence-electron chi connectivity index (χ2n) is 12.7. The van der Waals surface area contributed by atoms with Gasteiger partial charge in [-0.25, -0.2) is 0 Å². The number of amides is 1. The average molecular weight is 445 g/mol. The highest BCUT2D eigenvalue weighted by Gasteiger charge is 2.63. The van der Waals surface area contributed by atoms with Crippen LogP contribution < -0.4 is 5.32 Å². The summed E-state index contributed by atoms with van der Waals surface area (Å²) in [4.78, 5) is 14.8. The van der Waals surface area contributed by atoms with Gasteiger partial charge in [0.1, 0.15) is 0 Å². The van der Waals surface area contributed by atoms with Crippen LogP contribution in [-0.2, 0) is 4.79 Å². The zero-order chi connectivity index (χ0) is 23.4. The van der Waals surface area contributed by atoms with E-state index in [0.29, 0.717) is 29.7 Å². The third-order valence-corrected chi connectivity index (χ3v) is 11.2. The highest BCUT2D eigenvalue weighted by Crippen LogP contribution is 2.67. The molecule has 4 rings (SSSR count). The van der Waals surface area contributed by atoms with Crippen LogP contribution in [0, 0.1) is 40.4 Å². The molecule has 0 saturated heterocycles. The number of nitrogens with zero attached hydrogens (tertiary/aromatic N) is 1. The normalized spacial score (nSPS) is 47.4. The molecule has 10 unspecified atom stereocenters. The zero-order valence-electron chi connectivity index (χ0n) is 21.7. The van der Waals surface area contributed by atoms with E-state index in [1.165, 1.54) is 25.7 Å². The van der Waals surface area contributed by atoms with Crippen molar-refractivity contribution in [3.05, 3.63) is 11.6 Å². The first kappa shape index (κ1) is 24.3.